The zero-order valence-corrected chi connectivity index (χ0v) is 9.64. The van der Waals surface area contributed by atoms with Crippen LogP contribution >= 0.6 is 0 Å². The molecule has 2 rings (SSSR count). The van der Waals surface area contributed by atoms with Crippen molar-refractivity contribution in [3.8, 4) is 6.07 Å². The van der Waals surface area contributed by atoms with E-state index in [0.29, 0.717) is 34.0 Å². The number of hydrogen-bond donors (Lipinski definition) is 4. The van der Waals surface area contributed by atoms with Gasteiger partial charge in [0.25, 0.3) is 0 Å². The lowest BCUT2D eigenvalue weighted by Crippen LogP contribution is -2.00. The van der Waals surface area contributed by atoms with Gasteiger partial charge in [0.2, 0.25) is 0 Å². The van der Waals surface area contributed by atoms with Gasteiger partial charge in [-0.05, 0) is 36.4 Å². The van der Waals surface area contributed by atoms with Crippen LogP contribution in [0.3, 0.4) is 0 Å². The topological polar surface area (TPSA) is 114 Å². The molecule has 0 fully saturated rings. The number of nitrogens with two attached hydrogens (primary N) is 3. The summed E-state index contributed by atoms with van der Waals surface area (Å²) in [5, 5.41) is 12.1. The van der Waals surface area contributed by atoms with Crippen molar-refractivity contribution in [3.05, 3.63) is 42.0 Å². The van der Waals surface area contributed by atoms with E-state index in [4.69, 9.17) is 22.5 Å². The highest BCUT2D eigenvalue weighted by Crippen LogP contribution is 2.28. The Labute approximate surface area is 105 Å². The van der Waals surface area contributed by atoms with E-state index in [1.54, 1.807) is 36.4 Å². The van der Waals surface area contributed by atoms with Crippen molar-refractivity contribution >= 4 is 28.4 Å². The quantitative estimate of drug-likeness (QED) is 0.599. The third-order valence-corrected chi connectivity index (χ3v) is 2.51. The molecule has 0 radical (unpaired) electrons. The Bertz CT molecular complexity index is 628. The van der Waals surface area contributed by atoms with E-state index >= 15 is 0 Å². The minimum atomic E-state index is 0.492. The van der Waals surface area contributed by atoms with E-state index in [9.17, 15) is 0 Å². The van der Waals surface area contributed by atoms with Gasteiger partial charge in [0, 0.05) is 11.4 Å². The van der Waals surface area contributed by atoms with Gasteiger partial charge in [0.05, 0.1) is 22.6 Å². The van der Waals surface area contributed by atoms with Crippen LogP contribution in [-0.4, -0.2) is 0 Å². The molecule has 0 unspecified atom stereocenters. The average Bonchev–Trinajstić information content (AvgIpc) is 2.34. The second-order valence-corrected chi connectivity index (χ2v) is 3.89. The Balaban J connectivity index is 2.43. The zero-order chi connectivity index (χ0) is 13.1. The molecule has 0 aliphatic rings. The maximum atomic E-state index is 9.02. The first-order valence-corrected chi connectivity index (χ1v) is 5.32. The minimum absolute atomic E-state index is 0.492. The third kappa shape index (κ3) is 2.28. The number of anilines is 5. The molecule has 0 aliphatic carbocycles. The Morgan fingerprint density at radius 3 is 2.17 bits per heavy atom. The molecule has 0 spiro atoms. The van der Waals surface area contributed by atoms with Crippen LogP contribution in [0.5, 0.6) is 0 Å². The van der Waals surface area contributed by atoms with Gasteiger partial charge in [-0.25, -0.2) is 0 Å². The van der Waals surface area contributed by atoms with Crippen molar-refractivity contribution in [2.75, 3.05) is 22.5 Å². The third-order valence-electron chi connectivity index (χ3n) is 2.51. The normalized spacial score (nSPS) is 9.72. The van der Waals surface area contributed by atoms with Gasteiger partial charge in [0.1, 0.15) is 6.07 Å². The molecule has 0 atom stereocenters. The first-order chi connectivity index (χ1) is 8.60. The first kappa shape index (κ1) is 11.6. The Morgan fingerprint density at radius 2 is 1.50 bits per heavy atom. The van der Waals surface area contributed by atoms with E-state index in [1.807, 2.05) is 0 Å². The summed E-state index contributed by atoms with van der Waals surface area (Å²) in [5.74, 6) is 0. The molecule has 2 aromatic carbocycles. The van der Waals surface area contributed by atoms with Crippen molar-refractivity contribution in [1.29, 1.82) is 5.26 Å². The summed E-state index contributed by atoms with van der Waals surface area (Å²) in [5.41, 5.74) is 20.7. The van der Waals surface area contributed by atoms with E-state index in [0.717, 1.165) is 0 Å². The predicted molar refractivity (Wildman–Crippen MR) is 74.1 cm³/mol. The lowest BCUT2D eigenvalue weighted by atomic mass is 10.1. The molecule has 0 amide bonds. The van der Waals surface area contributed by atoms with Gasteiger partial charge >= 0.3 is 0 Å². The molecule has 0 saturated carbocycles. The van der Waals surface area contributed by atoms with Crippen molar-refractivity contribution in [3.63, 3.8) is 0 Å². The largest absolute Gasteiger partial charge is 0.399 e. The molecule has 7 N–H and O–H groups in total. The van der Waals surface area contributed by atoms with Gasteiger partial charge in [-0.2, -0.15) is 5.26 Å². The van der Waals surface area contributed by atoms with Crippen LogP contribution in [0.4, 0.5) is 28.4 Å². The molecule has 0 aliphatic heterocycles. The van der Waals surface area contributed by atoms with Crippen LogP contribution in [0.15, 0.2) is 36.4 Å². The molecule has 0 aromatic heterocycles. The number of benzene rings is 2. The van der Waals surface area contributed by atoms with Gasteiger partial charge in [0.15, 0.2) is 0 Å². The van der Waals surface area contributed by atoms with Crippen molar-refractivity contribution in [2.45, 2.75) is 0 Å². The summed E-state index contributed by atoms with van der Waals surface area (Å²) in [7, 11) is 0. The fourth-order valence-corrected chi connectivity index (χ4v) is 1.59. The van der Waals surface area contributed by atoms with Crippen molar-refractivity contribution in [1.82, 2.24) is 0 Å². The Kier molecular flexibility index (Phi) is 2.94. The SMILES string of the molecule is N#Cc1ccc(N)cc1Nc1cc(N)ccc1N. The van der Waals surface area contributed by atoms with Crippen LogP contribution in [0, 0.1) is 11.3 Å². The number of rotatable bonds is 2. The number of nitrogen functional groups attached to an aromatic ring is 3. The number of hydrogen-bond acceptors (Lipinski definition) is 5. The standard InChI is InChI=1S/C13H13N5/c14-7-8-1-2-9(15)5-12(8)18-13-6-10(16)3-4-11(13)17/h1-6,18H,15-17H2. The molecular formula is C13H13N5. The first-order valence-electron chi connectivity index (χ1n) is 5.32. The number of nitriles is 1. The van der Waals surface area contributed by atoms with E-state index in [-0.39, 0.29) is 0 Å². The average molecular weight is 239 g/mol. The summed E-state index contributed by atoms with van der Waals surface area (Å²) < 4.78 is 0. The lowest BCUT2D eigenvalue weighted by Gasteiger charge is -2.12. The van der Waals surface area contributed by atoms with Gasteiger partial charge in [-0.3, -0.25) is 0 Å². The van der Waals surface area contributed by atoms with Crippen LogP contribution < -0.4 is 22.5 Å². The highest BCUT2D eigenvalue weighted by Gasteiger charge is 2.05. The minimum Gasteiger partial charge on any atom is -0.399 e. The van der Waals surface area contributed by atoms with E-state index in [2.05, 4.69) is 11.4 Å². The molecule has 90 valence electrons. The highest BCUT2D eigenvalue weighted by molar-refractivity contribution is 5.79. The van der Waals surface area contributed by atoms with E-state index in [1.165, 1.54) is 0 Å². The van der Waals surface area contributed by atoms with Crippen molar-refractivity contribution in [2.24, 2.45) is 0 Å². The fourth-order valence-electron chi connectivity index (χ4n) is 1.59. The second kappa shape index (κ2) is 4.55. The molecule has 5 heteroatoms. The summed E-state index contributed by atoms with van der Waals surface area (Å²) in [4.78, 5) is 0. The maximum Gasteiger partial charge on any atom is 0.101 e. The number of nitrogens with one attached hydrogen (secondary N) is 1. The molecule has 0 heterocycles. The molecule has 0 saturated heterocycles. The zero-order valence-electron chi connectivity index (χ0n) is 9.64. The number of nitrogens with zero attached hydrogens (tertiary/aromatic N) is 1. The van der Waals surface area contributed by atoms with Gasteiger partial charge in [-0.15, -0.1) is 0 Å². The Morgan fingerprint density at radius 1 is 0.889 bits per heavy atom. The molecule has 0 bridgehead atoms. The predicted octanol–water partition coefficient (Wildman–Crippen LogP) is 2.05. The van der Waals surface area contributed by atoms with E-state index < -0.39 is 0 Å². The highest BCUT2D eigenvalue weighted by atomic mass is 14.9. The monoisotopic (exact) mass is 239 g/mol. The lowest BCUT2D eigenvalue weighted by molar-refractivity contribution is 1.46. The fraction of sp³-hybridized carbons (Fsp3) is 0. The molecule has 5 nitrogen and oxygen atoms in total. The van der Waals surface area contributed by atoms with Crippen molar-refractivity contribution < 1.29 is 0 Å². The Hall–Kier alpha value is -2.87. The molecule has 18 heavy (non-hydrogen) atoms. The van der Waals surface area contributed by atoms with Gasteiger partial charge in [-0.1, -0.05) is 0 Å². The van der Waals surface area contributed by atoms with Crippen LogP contribution in [-0.2, 0) is 0 Å². The van der Waals surface area contributed by atoms with Crippen LogP contribution in [0.1, 0.15) is 5.56 Å². The summed E-state index contributed by atoms with van der Waals surface area (Å²) in [6.07, 6.45) is 0. The van der Waals surface area contributed by atoms with Gasteiger partial charge < -0.3 is 22.5 Å². The summed E-state index contributed by atoms with van der Waals surface area (Å²) >= 11 is 0. The summed E-state index contributed by atoms with van der Waals surface area (Å²) in [6.45, 7) is 0. The van der Waals surface area contributed by atoms with Crippen LogP contribution in [0.25, 0.3) is 0 Å². The summed E-state index contributed by atoms with van der Waals surface area (Å²) in [6, 6.07) is 12.2. The van der Waals surface area contributed by atoms with Crippen LogP contribution in [0.2, 0.25) is 0 Å². The maximum absolute atomic E-state index is 9.02. The second-order valence-electron chi connectivity index (χ2n) is 3.89. The molecule has 2 aromatic rings. The molecular weight excluding hydrogens is 226 g/mol. The smallest absolute Gasteiger partial charge is 0.101 e.